The van der Waals surface area contributed by atoms with E-state index in [1.165, 1.54) is 0 Å². The minimum Gasteiger partial charge on any atom is -0.455 e. The Balaban J connectivity index is 2.06. The molecule has 0 aliphatic carbocycles. The summed E-state index contributed by atoms with van der Waals surface area (Å²) in [5, 5.41) is 14.4. The summed E-state index contributed by atoms with van der Waals surface area (Å²) < 4.78 is 11.2. The van der Waals surface area contributed by atoms with Gasteiger partial charge in [-0.15, -0.1) is 13.2 Å². The van der Waals surface area contributed by atoms with Crippen molar-refractivity contribution in [1.29, 1.82) is 0 Å². The fourth-order valence-electron chi connectivity index (χ4n) is 4.39. The van der Waals surface area contributed by atoms with Crippen LogP contribution in [0.1, 0.15) is 49.3 Å². The lowest BCUT2D eigenvalue weighted by molar-refractivity contribution is -0.155. The molecule has 8 nitrogen and oxygen atoms in total. The Morgan fingerprint density at radius 2 is 1.61 bits per heavy atom. The maximum absolute atomic E-state index is 13.5. The highest BCUT2D eigenvalue weighted by atomic mass is 16.5. The molecule has 0 radical (unpaired) electrons. The summed E-state index contributed by atoms with van der Waals surface area (Å²) in [5.74, 6) is -1.87. The zero-order valence-corrected chi connectivity index (χ0v) is 23.8. The van der Waals surface area contributed by atoms with Crippen molar-refractivity contribution in [1.82, 2.24) is 10.6 Å². The maximum Gasteiger partial charge on any atom is 0.309 e. The molecule has 0 fully saturated rings. The van der Waals surface area contributed by atoms with E-state index in [2.05, 4.69) is 23.8 Å². The molecule has 8 heteroatoms. The molecule has 3 atom stereocenters. The molecule has 2 aromatic carbocycles. The maximum atomic E-state index is 13.5. The highest BCUT2D eigenvalue weighted by molar-refractivity contribution is 5.86. The number of esters is 1. The van der Waals surface area contributed by atoms with Crippen LogP contribution in [0.5, 0.6) is 0 Å². The van der Waals surface area contributed by atoms with E-state index in [9.17, 15) is 14.4 Å². The molecule has 0 heterocycles. The predicted molar refractivity (Wildman–Crippen MR) is 160 cm³/mol. The van der Waals surface area contributed by atoms with Gasteiger partial charge in [0.2, 0.25) is 11.8 Å². The van der Waals surface area contributed by atoms with Crippen molar-refractivity contribution in [2.45, 2.75) is 44.6 Å². The number of rotatable bonds is 21. The van der Waals surface area contributed by atoms with Crippen LogP contribution in [0.2, 0.25) is 0 Å². The first-order valence-corrected chi connectivity index (χ1v) is 14.2. The normalized spacial score (nSPS) is 12.9. The minimum absolute atomic E-state index is 0.0178. The average Bonchev–Trinajstić information content (AvgIpc) is 2.99. The quantitative estimate of drug-likeness (QED) is 0.118. The number of ether oxygens (including phenoxy) is 2. The summed E-state index contributed by atoms with van der Waals surface area (Å²) >= 11 is 0. The Morgan fingerprint density at radius 3 is 2.27 bits per heavy atom. The Morgan fingerprint density at radius 1 is 0.902 bits per heavy atom. The van der Waals surface area contributed by atoms with E-state index >= 15 is 0 Å². The molecule has 0 bridgehead atoms. The van der Waals surface area contributed by atoms with Gasteiger partial charge < -0.3 is 25.2 Å². The molecule has 0 aliphatic rings. The van der Waals surface area contributed by atoms with Gasteiger partial charge in [-0.05, 0) is 43.2 Å². The van der Waals surface area contributed by atoms with Crippen LogP contribution in [-0.4, -0.2) is 55.8 Å². The lowest BCUT2D eigenvalue weighted by Gasteiger charge is -2.24. The molecule has 2 amide bonds. The van der Waals surface area contributed by atoms with Crippen LogP contribution in [0.15, 0.2) is 86.0 Å². The monoisotopic (exact) mass is 564 g/mol. The average molecular weight is 565 g/mol. The summed E-state index contributed by atoms with van der Waals surface area (Å²) in [4.78, 5) is 39.0. The molecule has 2 aromatic rings. The molecule has 2 rings (SSSR count). The number of nitrogens with one attached hydrogen (secondary N) is 2. The van der Waals surface area contributed by atoms with Gasteiger partial charge in [-0.3, -0.25) is 14.4 Å². The van der Waals surface area contributed by atoms with E-state index in [-0.39, 0.29) is 63.0 Å². The van der Waals surface area contributed by atoms with E-state index in [1.54, 1.807) is 6.08 Å². The summed E-state index contributed by atoms with van der Waals surface area (Å²) in [7, 11) is 0. The molecule has 0 aliphatic heterocycles. The fourth-order valence-corrected chi connectivity index (χ4v) is 4.39. The number of unbranched alkanes of at least 4 members (excludes halogenated alkanes) is 1. The van der Waals surface area contributed by atoms with Gasteiger partial charge in [0.1, 0.15) is 6.10 Å². The van der Waals surface area contributed by atoms with Gasteiger partial charge in [-0.2, -0.15) is 0 Å². The van der Waals surface area contributed by atoms with E-state index < -0.39 is 12.0 Å². The molecule has 0 aromatic heterocycles. The lowest BCUT2D eigenvalue weighted by atomic mass is 9.94. The molecule has 3 N–H and O–H groups in total. The summed E-state index contributed by atoms with van der Waals surface area (Å²) in [6, 6.07) is 19.2. The Labute approximate surface area is 243 Å². The van der Waals surface area contributed by atoms with Gasteiger partial charge >= 0.3 is 5.97 Å². The van der Waals surface area contributed by atoms with Crippen molar-refractivity contribution in [3.8, 4) is 0 Å². The van der Waals surface area contributed by atoms with Crippen LogP contribution >= 0.6 is 0 Å². The second-order valence-electron chi connectivity index (χ2n) is 9.80. The van der Waals surface area contributed by atoms with Gasteiger partial charge in [-0.25, -0.2) is 0 Å². The number of aliphatic hydroxyl groups excluding tert-OH is 1. The van der Waals surface area contributed by atoms with Crippen molar-refractivity contribution in [2.24, 2.45) is 11.8 Å². The van der Waals surface area contributed by atoms with Gasteiger partial charge in [-0.1, -0.05) is 72.8 Å². The fraction of sp³-hybridized carbons (Fsp3) is 0.424. The molecule has 222 valence electrons. The van der Waals surface area contributed by atoms with Crippen molar-refractivity contribution >= 4 is 17.8 Å². The minimum atomic E-state index is -0.688. The Kier molecular flexibility index (Phi) is 16.5. The van der Waals surface area contributed by atoms with Crippen LogP contribution in [0.4, 0.5) is 0 Å². The predicted octanol–water partition coefficient (Wildman–Crippen LogP) is 4.31. The standard InChI is InChI=1S/C33H44N2O6/c1-3-5-8-18-29(23-26-14-9-6-10-15-26)33(39)41-30(27-16-11-7-12-17-27)25-35-32(38)28(13-4-2)24-31(37)34-19-21-40-22-20-36/h3-4,6-7,9-12,14-17,28-30,36H,1-2,5,8,13,18-25H2,(H,34,37)(H,35,38)/t28-,29+,30+/m0/s1. The second-order valence-corrected chi connectivity index (χ2v) is 9.80. The van der Waals surface area contributed by atoms with E-state index in [1.807, 2.05) is 66.7 Å². The molecule has 0 saturated carbocycles. The van der Waals surface area contributed by atoms with Crippen molar-refractivity contribution in [3.63, 3.8) is 0 Å². The van der Waals surface area contributed by atoms with Crippen LogP contribution in [0.3, 0.4) is 0 Å². The number of hydrogen-bond acceptors (Lipinski definition) is 6. The molecular weight excluding hydrogens is 520 g/mol. The van der Waals surface area contributed by atoms with Crippen LogP contribution in [0, 0.1) is 11.8 Å². The lowest BCUT2D eigenvalue weighted by Crippen LogP contribution is -2.38. The second kappa shape index (κ2) is 20.2. The van der Waals surface area contributed by atoms with Crippen molar-refractivity contribution < 1.29 is 29.0 Å². The van der Waals surface area contributed by atoms with Crippen LogP contribution < -0.4 is 10.6 Å². The number of benzene rings is 2. The molecule has 41 heavy (non-hydrogen) atoms. The van der Waals surface area contributed by atoms with Gasteiger partial charge in [0.05, 0.1) is 38.2 Å². The van der Waals surface area contributed by atoms with Gasteiger partial charge in [0.25, 0.3) is 0 Å². The first-order chi connectivity index (χ1) is 20.0. The van der Waals surface area contributed by atoms with E-state index in [0.29, 0.717) is 19.3 Å². The number of aliphatic hydroxyl groups is 1. The van der Waals surface area contributed by atoms with E-state index in [4.69, 9.17) is 14.6 Å². The van der Waals surface area contributed by atoms with Gasteiger partial charge in [0, 0.05) is 13.0 Å². The zero-order chi connectivity index (χ0) is 29.7. The summed E-state index contributed by atoms with van der Waals surface area (Å²) in [6.45, 7) is 8.25. The van der Waals surface area contributed by atoms with Gasteiger partial charge in [0.15, 0.2) is 0 Å². The number of hydrogen-bond donors (Lipinski definition) is 3. The molecule has 0 saturated heterocycles. The van der Waals surface area contributed by atoms with Crippen molar-refractivity contribution in [3.05, 3.63) is 97.1 Å². The highest BCUT2D eigenvalue weighted by Gasteiger charge is 2.27. The number of amides is 2. The third-order valence-electron chi connectivity index (χ3n) is 6.57. The topological polar surface area (TPSA) is 114 Å². The number of allylic oxidation sites excluding steroid dienone is 2. The Hall–Kier alpha value is -3.75. The third-order valence-corrected chi connectivity index (χ3v) is 6.57. The van der Waals surface area contributed by atoms with Crippen LogP contribution in [0.25, 0.3) is 0 Å². The summed E-state index contributed by atoms with van der Waals surface area (Å²) in [5.41, 5.74) is 1.83. The zero-order valence-electron chi connectivity index (χ0n) is 23.8. The highest BCUT2D eigenvalue weighted by Crippen LogP contribution is 2.23. The van der Waals surface area contributed by atoms with E-state index in [0.717, 1.165) is 24.0 Å². The molecule has 0 spiro atoms. The first kappa shape index (κ1) is 33.5. The molecule has 0 unspecified atom stereocenters. The van der Waals surface area contributed by atoms with Crippen LogP contribution in [-0.2, 0) is 30.3 Å². The largest absolute Gasteiger partial charge is 0.455 e. The molecular formula is C33H44N2O6. The number of carbonyl (C=O) groups excluding carboxylic acids is 3. The van der Waals surface area contributed by atoms with Crippen molar-refractivity contribution in [2.75, 3.05) is 32.9 Å². The number of carbonyl (C=O) groups is 3. The smallest absolute Gasteiger partial charge is 0.309 e. The third kappa shape index (κ3) is 13.4. The first-order valence-electron chi connectivity index (χ1n) is 14.2. The SMILES string of the molecule is C=CCCC[C@H](Cc1ccccc1)C(=O)O[C@H](CNC(=O)[C@@H](CC=C)CC(=O)NCCOCCO)c1ccccc1. The summed E-state index contributed by atoms with van der Waals surface area (Å²) in [6.07, 6.45) is 5.92. The Bertz CT molecular complexity index is 1060.